The molecule has 0 radical (unpaired) electrons. The van der Waals surface area contributed by atoms with E-state index in [9.17, 15) is 0 Å². The van der Waals surface area contributed by atoms with E-state index in [2.05, 4.69) is 55.3 Å². The Morgan fingerprint density at radius 2 is 1.89 bits per heavy atom. The van der Waals surface area contributed by atoms with Gasteiger partial charge in [0.25, 0.3) is 0 Å². The average molecular weight is 380 g/mol. The third-order valence-corrected chi connectivity index (χ3v) is 4.79. The summed E-state index contributed by atoms with van der Waals surface area (Å²) in [5.41, 5.74) is 2.15. The van der Waals surface area contributed by atoms with Crippen LogP contribution in [0.4, 0.5) is 0 Å². The molecular formula is C20H37N5O2. The molecule has 1 aromatic heterocycles. The number of aryl methyl sites for hydroxylation is 2. The van der Waals surface area contributed by atoms with Crippen molar-refractivity contribution in [1.29, 1.82) is 0 Å². The highest BCUT2D eigenvalue weighted by Gasteiger charge is 2.21. The fourth-order valence-corrected chi connectivity index (χ4v) is 3.59. The summed E-state index contributed by atoms with van der Waals surface area (Å²) in [4.78, 5) is 7.23. The molecule has 1 aromatic rings. The Bertz CT molecular complexity index is 555. The number of nitrogens with one attached hydrogen (secondary N) is 2. The van der Waals surface area contributed by atoms with Gasteiger partial charge in [-0.1, -0.05) is 19.0 Å². The van der Waals surface area contributed by atoms with E-state index in [1.807, 2.05) is 0 Å². The van der Waals surface area contributed by atoms with Gasteiger partial charge in [0.1, 0.15) is 5.76 Å². The first-order chi connectivity index (χ1) is 13.1. The molecular weight excluding hydrogens is 342 g/mol. The molecule has 7 nitrogen and oxygen atoms in total. The highest BCUT2D eigenvalue weighted by atomic mass is 16.5. The Labute approximate surface area is 163 Å². The Hall–Kier alpha value is -1.60. The number of nitrogens with zero attached hydrogens (tertiary/aromatic N) is 3. The quantitative estimate of drug-likeness (QED) is 0.390. The summed E-state index contributed by atoms with van der Waals surface area (Å²) in [5, 5.41) is 10.9. The van der Waals surface area contributed by atoms with Crippen LogP contribution in [0.25, 0.3) is 0 Å². The molecule has 0 aromatic carbocycles. The molecule has 27 heavy (non-hydrogen) atoms. The van der Waals surface area contributed by atoms with Crippen molar-refractivity contribution in [2.45, 2.75) is 72.6 Å². The molecule has 154 valence electrons. The molecule has 7 heteroatoms. The second kappa shape index (κ2) is 11.3. The lowest BCUT2D eigenvalue weighted by Crippen LogP contribution is -2.46. The van der Waals surface area contributed by atoms with Gasteiger partial charge in [0.15, 0.2) is 5.96 Å². The summed E-state index contributed by atoms with van der Waals surface area (Å²) in [7, 11) is 0. The van der Waals surface area contributed by atoms with Crippen molar-refractivity contribution in [2.24, 2.45) is 4.99 Å². The molecule has 2 unspecified atom stereocenters. The lowest BCUT2D eigenvalue weighted by molar-refractivity contribution is -0.0679. The number of hydrogen-bond acceptors (Lipinski definition) is 5. The van der Waals surface area contributed by atoms with Crippen molar-refractivity contribution in [3.05, 3.63) is 17.0 Å². The third-order valence-electron chi connectivity index (χ3n) is 4.79. The van der Waals surface area contributed by atoms with Gasteiger partial charge in [-0.05, 0) is 33.6 Å². The molecule has 2 N–H and O–H groups in total. The number of ether oxygens (including phenoxy) is 1. The van der Waals surface area contributed by atoms with Gasteiger partial charge in [0.05, 0.1) is 24.4 Å². The first-order valence-electron chi connectivity index (χ1n) is 10.4. The van der Waals surface area contributed by atoms with Crippen LogP contribution < -0.4 is 10.6 Å². The van der Waals surface area contributed by atoms with Crippen LogP contribution in [0.1, 0.15) is 58.1 Å². The van der Waals surface area contributed by atoms with Crippen LogP contribution in [-0.4, -0.2) is 60.9 Å². The Kier molecular flexibility index (Phi) is 9.07. The molecule has 0 saturated carbocycles. The van der Waals surface area contributed by atoms with E-state index < -0.39 is 0 Å². The van der Waals surface area contributed by atoms with Crippen molar-refractivity contribution in [3.8, 4) is 0 Å². The molecule has 0 aliphatic carbocycles. The average Bonchev–Trinajstić information content (AvgIpc) is 3.04. The van der Waals surface area contributed by atoms with E-state index in [0.717, 1.165) is 75.0 Å². The van der Waals surface area contributed by atoms with E-state index in [4.69, 9.17) is 14.3 Å². The summed E-state index contributed by atoms with van der Waals surface area (Å²) in [6.45, 7) is 16.0. The summed E-state index contributed by atoms with van der Waals surface area (Å²) < 4.78 is 11.2. The van der Waals surface area contributed by atoms with Crippen molar-refractivity contribution >= 4 is 5.96 Å². The maximum absolute atomic E-state index is 5.80. The van der Waals surface area contributed by atoms with Gasteiger partial charge in [-0.15, -0.1) is 0 Å². The van der Waals surface area contributed by atoms with Crippen LogP contribution in [0.2, 0.25) is 0 Å². The zero-order valence-corrected chi connectivity index (χ0v) is 17.7. The van der Waals surface area contributed by atoms with Crippen LogP contribution in [-0.2, 0) is 24.1 Å². The SMILES string of the molecule is CCNC(=NCc1c(CC)noc1CC)NCCCN1CC(C)OC(C)C1. The lowest BCUT2D eigenvalue weighted by atomic mass is 10.1. The van der Waals surface area contributed by atoms with Crippen LogP contribution in [0.5, 0.6) is 0 Å². The minimum absolute atomic E-state index is 0.324. The summed E-state index contributed by atoms with van der Waals surface area (Å²) in [5.74, 6) is 1.80. The van der Waals surface area contributed by atoms with Crippen molar-refractivity contribution in [3.63, 3.8) is 0 Å². The van der Waals surface area contributed by atoms with Crippen LogP contribution >= 0.6 is 0 Å². The molecule has 1 aliphatic heterocycles. The Morgan fingerprint density at radius 3 is 2.52 bits per heavy atom. The predicted molar refractivity (Wildman–Crippen MR) is 109 cm³/mol. The lowest BCUT2D eigenvalue weighted by Gasteiger charge is -2.35. The second-order valence-electron chi connectivity index (χ2n) is 7.23. The minimum atomic E-state index is 0.324. The molecule has 2 atom stereocenters. The second-order valence-corrected chi connectivity index (χ2v) is 7.23. The molecule has 0 spiro atoms. The Balaban J connectivity index is 1.82. The fourth-order valence-electron chi connectivity index (χ4n) is 3.59. The first-order valence-corrected chi connectivity index (χ1v) is 10.4. The normalized spacial score (nSPS) is 21.4. The Morgan fingerprint density at radius 1 is 1.15 bits per heavy atom. The predicted octanol–water partition coefficient (Wildman–Crippen LogP) is 2.35. The monoisotopic (exact) mass is 379 g/mol. The van der Waals surface area contributed by atoms with E-state index in [1.165, 1.54) is 0 Å². The topological polar surface area (TPSA) is 74.9 Å². The van der Waals surface area contributed by atoms with Gasteiger partial charge in [-0.25, -0.2) is 4.99 Å². The van der Waals surface area contributed by atoms with Gasteiger partial charge >= 0.3 is 0 Å². The standard InChI is InChI=1S/C20H37N5O2/c1-6-18-17(19(7-2)27-24-18)12-23-20(21-8-3)22-10-9-11-25-13-15(4)26-16(5)14-25/h15-16H,6-14H2,1-5H3,(H2,21,22,23). The van der Waals surface area contributed by atoms with Gasteiger partial charge in [0, 0.05) is 44.7 Å². The summed E-state index contributed by atoms with van der Waals surface area (Å²) >= 11 is 0. The highest BCUT2D eigenvalue weighted by Crippen LogP contribution is 2.16. The molecule has 2 heterocycles. The number of hydrogen-bond donors (Lipinski definition) is 2. The van der Waals surface area contributed by atoms with Crippen molar-refractivity contribution in [2.75, 3.05) is 32.7 Å². The van der Waals surface area contributed by atoms with Gasteiger partial charge in [0.2, 0.25) is 0 Å². The van der Waals surface area contributed by atoms with E-state index >= 15 is 0 Å². The maximum Gasteiger partial charge on any atom is 0.191 e. The van der Waals surface area contributed by atoms with Crippen molar-refractivity contribution in [1.82, 2.24) is 20.7 Å². The molecule has 0 bridgehead atoms. The number of morpholine rings is 1. The number of guanidine groups is 1. The van der Waals surface area contributed by atoms with Gasteiger partial charge < -0.3 is 19.9 Å². The van der Waals surface area contributed by atoms with E-state index in [0.29, 0.717) is 18.8 Å². The first kappa shape index (κ1) is 21.7. The molecule has 2 rings (SSSR count). The zero-order valence-electron chi connectivity index (χ0n) is 17.7. The highest BCUT2D eigenvalue weighted by molar-refractivity contribution is 5.79. The molecule has 1 saturated heterocycles. The van der Waals surface area contributed by atoms with Gasteiger partial charge in [-0.3, -0.25) is 4.90 Å². The molecule has 1 aliphatic rings. The third kappa shape index (κ3) is 6.81. The van der Waals surface area contributed by atoms with Gasteiger partial charge in [-0.2, -0.15) is 0 Å². The number of aromatic nitrogens is 1. The van der Waals surface area contributed by atoms with Crippen molar-refractivity contribution < 1.29 is 9.26 Å². The summed E-state index contributed by atoms with van der Waals surface area (Å²) in [6.07, 6.45) is 3.44. The largest absolute Gasteiger partial charge is 0.373 e. The zero-order chi connectivity index (χ0) is 19.6. The maximum atomic E-state index is 5.80. The van der Waals surface area contributed by atoms with E-state index in [1.54, 1.807) is 0 Å². The number of aliphatic imine (C=N–C) groups is 1. The number of rotatable bonds is 9. The van der Waals surface area contributed by atoms with Crippen LogP contribution in [0, 0.1) is 0 Å². The van der Waals surface area contributed by atoms with E-state index in [-0.39, 0.29) is 0 Å². The van der Waals surface area contributed by atoms with Crippen LogP contribution in [0.3, 0.4) is 0 Å². The molecule has 1 fully saturated rings. The molecule has 0 amide bonds. The minimum Gasteiger partial charge on any atom is -0.373 e. The fraction of sp³-hybridized carbons (Fsp3) is 0.800. The smallest absolute Gasteiger partial charge is 0.191 e. The van der Waals surface area contributed by atoms with Crippen LogP contribution in [0.15, 0.2) is 9.52 Å². The summed E-state index contributed by atoms with van der Waals surface area (Å²) in [6, 6.07) is 0.